The molecule has 4 nitrogen and oxygen atoms in total. The first-order valence-electron chi connectivity index (χ1n) is 7.41. The van der Waals surface area contributed by atoms with Crippen LogP contribution in [-0.2, 0) is 9.53 Å². The van der Waals surface area contributed by atoms with E-state index in [1.165, 1.54) is 12.8 Å². The molecule has 1 aliphatic rings. The van der Waals surface area contributed by atoms with Gasteiger partial charge in [0.15, 0.2) is 5.75 Å². The molecule has 5 heteroatoms. The standard InChI is InChI=1S/C16H22ClNO3/c1-20-9-10-21-16-13(17)7-4-8-14(16)18-15(19)11-12-5-2-3-6-12/h4,7-8,12H,2-3,5-6,9-11H2,1H3,(H,18,19). The molecule has 1 aliphatic carbocycles. The summed E-state index contributed by atoms with van der Waals surface area (Å²) >= 11 is 6.14. The van der Waals surface area contributed by atoms with Crippen molar-refractivity contribution in [1.29, 1.82) is 0 Å². The fourth-order valence-electron chi connectivity index (χ4n) is 2.66. The lowest BCUT2D eigenvalue weighted by molar-refractivity contribution is -0.117. The molecular weight excluding hydrogens is 290 g/mol. The van der Waals surface area contributed by atoms with Crippen molar-refractivity contribution in [2.24, 2.45) is 5.92 Å². The van der Waals surface area contributed by atoms with Crippen LogP contribution in [0.5, 0.6) is 5.75 Å². The lowest BCUT2D eigenvalue weighted by Crippen LogP contribution is -2.16. The van der Waals surface area contributed by atoms with Gasteiger partial charge in [-0.2, -0.15) is 0 Å². The van der Waals surface area contributed by atoms with Crippen molar-refractivity contribution in [3.05, 3.63) is 23.2 Å². The lowest BCUT2D eigenvalue weighted by Gasteiger charge is -2.15. The van der Waals surface area contributed by atoms with Crippen LogP contribution in [0.15, 0.2) is 18.2 Å². The molecule has 0 aromatic heterocycles. The first-order valence-corrected chi connectivity index (χ1v) is 7.78. The number of hydrogen-bond acceptors (Lipinski definition) is 3. The maximum atomic E-state index is 12.1. The first-order chi connectivity index (χ1) is 10.2. The maximum absolute atomic E-state index is 12.1. The number of halogens is 1. The molecule has 1 fully saturated rings. The van der Waals surface area contributed by atoms with Crippen LogP contribution in [0.25, 0.3) is 0 Å². The molecule has 1 aromatic carbocycles. The Morgan fingerprint density at radius 3 is 2.81 bits per heavy atom. The van der Waals surface area contributed by atoms with Gasteiger partial charge in [-0.05, 0) is 30.9 Å². The average molecular weight is 312 g/mol. The number of methoxy groups -OCH3 is 1. The number of benzene rings is 1. The topological polar surface area (TPSA) is 47.6 Å². The summed E-state index contributed by atoms with van der Waals surface area (Å²) < 4.78 is 10.6. The van der Waals surface area contributed by atoms with E-state index in [4.69, 9.17) is 21.1 Å². The molecular formula is C16H22ClNO3. The second-order valence-electron chi connectivity index (χ2n) is 5.36. The average Bonchev–Trinajstić information content (AvgIpc) is 2.94. The summed E-state index contributed by atoms with van der Waals surface area (Å²) in [5, 5.41) is 3.41. The highest BCUT2D eigenvalue weighted by molar-refractivity contribution is 6.32. The molecule has 1 amide bonds. The minimum Gasteiger partial charge on any atom is -0.487 e. The Hall–Kier alpha value is -1.26. The highest BCUT2D eigenvalue weighted by Gasteiger charge is 2.19. The number of anilines is 1. The van der Waals surface area contributed by atoms with Crippen molar-refractivity contribution in [2.75, 3.05) is 25.6 Å². The highest BCUT2D eigenvalue weighted by Crippen LogP contribution is 2.34. The first kappa shape index (κ1) is 16.1. The fraction of sp³-hybridized carbons (Fsp3) is 0.562. The third-order valence-corrected chi connectivity index (χ3v) is 4.02. The Bertz CT molecular complexity index is 473. The Morgan fingerprint density at radius 1 is 1.33 bits per heavy atom. The summed E-state index contributed by atoms with van der Waals surface area (Å²) in [5.41, 5.74) is 0.626. The number of nitrogens with one attached hydrogen (secondary N) is 1. The van der Waals surface area contributed by atoms with Gasteiger partial charge in [0, 0.05) is 13.5 Å². The summed E-state index contributed by atoms with van der Waals surface area (Å²) in [7, 11) is 1.61. The van der Waals surface area contributed by atoms with Crippen molar-refractivity contribution >= 4 is 23.2 Å². The minimum absolute atomic E-state index is 0.0285. The summed E-state index contributed by atoms with van der Waals surface area (Å²) in [6, 6.07) is 5.35. The van der Waals surface area contributed by atoms with Gasteiger partial charge in [0.2, 0.25) is 5.91 Å². The predicted molar refractivity (Wildman–Crippen MR) is 84.0 cm³/mol. The van der Waals surface area contributed by atoms with E-state index in [1.54, 1.807) is 25.3 Å². The zero-order chi connectivity index (χ0) is 15.1. The molecule has 2 rings (SSSR count). The quantitative estimate of drug-likeness (QED) is 0.777. The van der Waals surface area contributed by atoms with Crippen LogP contribution in [0.2, 0.25) is 5.02 Å². The van der Waals surface area contributed by atoms with Crippen molar-refractivity contribution in [3.8, 4) is 5.75 Å². The molecule has 0 bridgehead atoms. The van der Waals surface area contributed by atoms with Gasteiger partial charge in [-0.15, -0.1) is 0 Å². The van der Waals surface area contributed by atoms with Gasteiger partial charge >= 0.3 is 0 Å². The van der Waals surface area contributed by atoms with Crippen LogP contribution >= 0.6 is 11.6 Å². The monoisotopic (exact) mass is 311 g/mol. The molecule has 0 atom stereocenters. The predicted octanol–water partition coefficient (Wildman–Crippen LogP) is 3.88. The largest absolute Gasteiger partial charge is 0.487 e. The molecule has 116 valence electrons. The Labute approximate surface area is 130 Å². The van der Waals surface area contributed by atoms with E-state index in [9.17, 15) is 4.79 Å². The molecule has 0 aliphatic heterocycles. The van der Waals surface area contributed by atoms with E-state index in [-0.39, 0.29) is 5.91 Å². The van der Waals surface area contributed by atoms with Crippen molar-refractivity contribution in [1.82, 2.24) is 0 Å². The maximum Gasteiger partial charge on any atom is 0.224 e. The molecule has 0 saturated heterocycles. The van der Waals surface area contributed by atoms with Gasteiger partial charge in [-0.25, -0.2) is 0 Å². The Balaban J connectivity index is 1.97. The number of ether oxygens (including phenoxy) is 2. The van der Waals surface area contributed by atoms with Gasteiger partial charge in [-0.1, -0.05) is 30.5 Å². The van der Waals surface area contributed by atoms with Crippen LogP contribution in [0.1, 0.15) is 32.1 Å². The minimum atomic E-state index is 0.0285. The third-order valence-electron chi connectivity index (χ3n) is 3.72. The third kappa shape index (κ3) is 4.90. The molecule has 21 heavy (non-hydrogen) atoms. The van der Waals surface area contributed by atoms with Gasteiger partial charge in [0.05, 0.1) is 17.3 Å². The van der Waals surface area contributed by atoms with Crippen molar-refractivity contribution < 1.29 is 14.3 Å². The van der Waals surface area contributed by atoms with Crippen LogP contribution in [0, 0.1) is 5.92 Å². The summed E-state index contributed by atoms with van der Waals surface area (Å²) in [6.45, 7) is 0.867. The van der Waals surface area contributed by atoms with Gasteiger partial charge in [-0.3, -0.25) is 4.79 Å². The number of amides is 1. The Kier molecular flexibility index (Phi) is 6.33. The SMILES string of the molecule is COCCOc1c(Cl)cccc1NC(=O)CC1CCCC1. The molecule has 1 saturated carbocycles. The van der Waals surface area contributed by atoms with Crippen LogP contribution < -0.4 is 10.1 Å². The van der Waals surface area contributed by atoms with E-state index in [0.29, 0.717) is 42.0 Å². The van der Waals surface area contributed by atoms with E-state index in [2.05, 4.69) is 5.32 Å². The number of hydrogen-bond donors (Lipinski definition) is 1. The van der Waals surface area contributed by atoms with Crippen molar-refractivity contribution in [3.63, 3.8) is 0 Å². The second-order valence-corrected chi connectivity index (χ2v) is 5.77. The summed E-state index contributed by atoms with van der Waals surface area (Å²) in [4.78, 5) is 12.1. The summed E-state index contributed by atoms with van der Waals surface area (Å²) in [6.07, 6.45) is 5.35. The Morgan fingerprint density at radius 2 is 2.10 bits per heavy atom. The second kappa shape index (κ2) is 8.25. The molecule has 1 N–H and O–H groups in total. The number of carbonyl (C=O) groups is 1. The molecule has 0 unspecified atom stereocenters. The van der Waals surface area contributed by atoms with Crippen LogP contribution in [0.4, 0.5) is 5.69 Å². The zero-order valence-electron chi connectivity index (χ0n) is 12.4. The van der Waals surface area contributed by atoms with Gasteiger partial charge < -0.3 is 14.8 Å². The smallest absolute Gasteiger partial charge is 0.224 e. The fourth-order valence-corrected chi connectivity index (χ4v) is 2.89. The zero-order valence-corrected chi connectivity index (χ0v) is 13.1. The van der Waals surface area contributed by atoms with Crippen LogP contribution in [-0.4, -0.2) is 26.2 Å². The van der Waals surface area contributed by atoms with Crippen LogP contribution in [0.3, 0.4) is 0 Å². The normalized spacial score (nSPS) is 15.1. The molecule has 0 spiro atoms. The summed E-state index contributed by atoms with van der Waals surface area (Å²) in [5.74, 6) is 1.05. The van der Waals surface area contributed by atoms with E-state index >= 15 is 0 Å². The van der Waals surface area contributed by atoms with E-state index in [1.807, 2.05) is 0 Å². The number of rotatable bonds is 7. The highest BCUT2D eigenvalue weighted by atomic mass is 35.5. The molecule has 1 aromatic rings. The lowest BCUT2D eigenvalue weighted by atomic mass is 10.0. The number of carbonyl (C=O) groups excluding carboxylic acids is 1. The molecule has 0 heterocycles. The molecule has 0 radical (unpaired) electrons. The number of para-hydroxylation sites is 1. The van der Waals surface area contributed by atoms with Crippen molar-refractivity contribution in [2.45, 2.75) is 32.1 Å². The van der Waals surface area contributed by atoms with E-state index < -0.39 is 0 Å². The van der Waals surface area contributed by atoms with E-state index in [0.717, 1.165) is 12.8 Å². The van der Waals surface area contributed by atoms with Gasteiger partial charge in [0.25, 0.3) is 0 Å². The van der Waals surface area contributed by atoms with Gasteiger partial charge in [0.1, 0.15) is 6.61 Å².